The normalized spacial score (nSPS) is 11.0. The van der Waals surface area contributed by atoms with Crippen molar-refractivity contribution < 1.29 is 18.3 Å². The number of hydrogen-bond donors (Lipinski definition) is 1. The number of carbonyl (C=O) groups excluding carboxylic acids is 1. The smallest absolute Gasteiger partial charge is 0.254 e. The number of carbonyl (C=O) groups is 1. The molecular weight excluding hydrogens is 276 g/mol. The van der Waals surface area contributed by atoms with Gasteiger partial charge in [-0.1, -0.05) is 19.1 Å². The fourth-order valence-corrected chi connectivity index (χ4v) is 1.88. The molecule has 0 spiro atoms. The van der Waals surface area contributed by atoms with Crippen LogP contribution in [0.1, 0.15) is 49.4 Å². The Bertz CT molecular complexity index is 501. The summed E-state index contributed by atoms with van der Waals surface area (Å²) in [7, 11) is 0. The second kappa shape index (κ2) is 9.10. The van der Waals surface area contributed by atoms with Crippen LogP contribution in [0.2, 0.25) is 0 Å². The highest BCUT2D eigenvalue weighted by Crippen LogP contribution is 2.23. The van der Waals surface area contributed by atoms with Crippen LogP contribution in [0.4, 0.5) is 8.78 Å². The van der Waals surface area contributed by atoms with Crippen molar-refractivity contribution in [2.24, 2.45) is 5.73 Å². The van der Waals surface area contributed by atoms with E-state index in [1.54, 1.807) is 0 Å². The first-order chi connectivity index (χ1) is 10.1. The molecule has 0 bridgehead atoms. The highest BCUT2D eigenvalue weighted by atomic mass is 19.1. The van der Waals surface area contributed by atoms with E-state index >= 15 is 0 Å². The van der Waals surface area contributed by atoms with Gasteiger partial charge in [0, 0.05) is 0 Å². The van der Waals surface area contributed by atoms with Gasteiger partial charge in [0.05, 0.1) is 6.61 Å². The molecule has 0 aliphatic carbocycles. The van der Waals surface area contributed by atoms with Crippen LogP contribution in [0.15, 0.2) is 24.3 Å². The van der Waals surface area contributed by atoms with Gasteiger partial charge in [-0.2, -0.15) is 0 Å². The third kappa shape index (κ3) is 5.53. The summed E-state index contributed by atoms with van der Waals surface area (Å²) in [5.41, 5.74) is 4.19. The molecule has 0 saturated carbocycles. The van der Waals surface area contributed by atoms with Gasteiger partial charge in [-0.05, 0) is 44.2 Å². The molecule has 1 aromatic carbocycles. The van der Waals surface area contributed by atoms with E-state index < -0.39 is 23.1 Å². The van der Waals surface area contributed by atoms with Gasteiger partial charge in [-0.3, -0.25) is 4.79 Å². The monoisotopic (exact) mass is 297 g/mol. The van der Waals surface area contributed by atoms with Crippen LogP contribution in [-0.2, 0) is 0 Å². The lowest BCUT2D eigenvalue weighted by atomic mass is 10.1. The van der Waals surface area contributed by atoms with Crippen molar-refractivity contribution in [2.45, 2.75) is 39.0 Å². The zero-order chi connectivity index (χ0) is 15.7. The molecule has 1 rings (SSSR count). The second-order valence-electron chi connectivity index (χ2n) is 4.68. The van der Waals surface area contributed by atoms with Crippen LogP contribution in [0, 0.1) is 11.6 Å². The molecular formula is C16H21F2NO2. The van der Waals surface area contributed by atoms with Gasteiger partial charge in [0.2, 0.25) is 0 Å². The molecule has 0 heterocycles. The summed E-state index contributed by atoms with van der Waals surface area (Å²) in [4.78, 5) is 11.0. The molecule has 0 saturated heterocycles. The van der Waals surface area contributed by atoms with Crippen molar-refractivity contribution in [1.82, 2.24) is 0 Å². The molecule has 2 N–H and O–H groups in total. The molecule has 1 aromatic rings. The van der Waals surface area contributed by atoms with Crippen LogP contribution in [0.25, 0.3) is 0 Å². The first-order valence-corrected chi connectivity index (χ1v) is 7.13. The largest absolute Gasteiger partial charge is 0.490 e. The van der Waals surface area contributed by atoms with Crippen LogP contribution in [-0.4, -0.2) is 12.5 Å². The van der Waals surface area contributed by atoms with Crippen LogP contribution in [0.3, 0.4) is 0 Å². The molecule has 1 amide bonds. The van der Waals surface area contributed by atoms with E-state index in [0.717, 1.165) is 38.2 Å². The van der Waals surface area contributed by atoms with Crippen molar-refractivity contribution in [3.05, 3.63) is 41.5 Å². The number of benzene rings is 1. The Morgan fingerprint density at radius 2 is 2.00 bits per heavy atom. The average molecular weight is 297 g/mol. The lowest BCUT2D eigenvalue weighted by Gasteiger charge is -2.09. The molecule has 0 radical (unpaired) electrons. The third-order valence-electron chi connectivity index (χ3n) is 2.98. The highest BCUT2D eigenvalue weighted by Gasteiger charge is 2.18. The Morgan fingerprint density at radius 3 is 2.67 bits per heavy atom. The Kier molecular flexibility index (Phi) is 7.43. The molecule has 0 aromatic heterocycles. The summed E-state index contributed by atoms with van der Waals surface area (Å²) >= 11 is 0. The minimum Gasteiger partial charge on any atom is -0.490 e. The maximum absolute atomic E-state index is 13.8. The fourth-order valence-electron chi connectivity index (χ4n) is 1.88. The number of hydrogen-bond acceptors (Lipinski definition) is 2. The minimum absolute atomic E-state index is 0.143. The first kappa shape index (κ1) is 17.1. The molecule has 3 nitrogen and oxygen atoms in total. The van der Waals surface area contributed by atoms with Crippen LogP contribution in [0.5, 0.6) is 5.75 Å². The van der Waals surface area contributed by atoms with E-state index in [-0.39, 0.29) is 5.75 Å². The second-order valence-corrected chi connectivity index (χ2v) is 4.68. The number of unbranched alkanes of at least 4 members (excludes halogenated alkanes) is 3. The Morgan fingerprint density at radius 1 is 1.24 bits per heavy atom. The van der Waals surface area contributed by atoms with E-state index in [1.807, 2.05) is 0 Å². The SMILES string of the molecule is CCC=CCCCCCOc1ccc(F)c(C(N)=O)c1F. The molecule has 5 heteroatoms. The van der Waals surface area contributed by atoms with E-state index in [9.17, 15) is 13.6 Å². The van der Waals surface area contributed by atoms with E-state index in [4.69, 9.17) is 10.5 Å². The average Bonchev–Trinajstić information content (AvgIpc) is 2.43. The number of rotatable bonds is 9. The number of nitrogens with two attached hydrogens (primary N) is 1. The number of halogens is 2. The Balaban J connectivity index is 2.41. The maximum Gasteiger partial charge on any atom is 0.254 e. The maximum atomic E-state index is 13.8. The molecule has 0 aliphatic rings. The zero-order valence-corrected chi connectivity index (χ0v) is 12.2. The van der Waals surface area contributed by atoms with Crippen molar-refractivity contribution in [3.8, 4) is 5.75 Å². The molecule has 0 unspecified atom stereocenters. The van der Waals surface area contributed by atoms with E-state index in [2.05, 4.69) is 19.1 Å². The van der Waals surface area contributed by atoms with Crippen LogP contribution < -0.4 is 10.5 Å². The van der Waals surface area contributed by atoms with Crippen LogP contribution >= 0.6 is 0 Å². The van der Waals surface area contributed by atoms with Crippen molar-refractivity contribution in [2.75, 3.05) is 6.61 Å². The number of allylic oxidation sites excluding steroid dienone is 2. The molecule has 0 atom stereocenters. The van der Waals surface area contributed by atoms with Gasteiger partial charge in [-0.15, -0.1) is 0 Å². The quantitative estimate of drug-likeness (QED) is 0.554. The minimum atomic E-state index is -1.14. The standard InChI is InChI=1S/C16H21F2NO2/c1-2-3-4-5-6-7-8-11-21-13-10-9-12(17)14(15(13)18)16(19)20/h3-4,9-10H,2,5-8,11H2,1H3,(H2,19,20). The molecule has 0 fully saturated rings. The lowest BCUT2D eigenvalue weighted by Crippen LogP contribution is -2.16. The predicted octanol–water partition coefficient (Wildman–Crippen LogP) is 3.97. The number of primary amides is 1. The van der Waals surface area contributed by atoms with Gasteiger partial charge in [0.15, 0.2) is 11.6 Å². The molecule has 116 valence electrons. The lowest BCUT2D eigenvalue weighted by molar-refractivity contribution is 0.0991. The summed E-state index contributed by atoms with van der Waals surface area (Å²) in [6.45, 7) is 2.40. The summed E-state index contributed by atoms with van der Waals surface area (Å²) in [6.07, 6.45) is 9.08. The summed E-state index contributed by atoms with van der Waals surface area (Å²) in [5, 5.41) is 0. The van der Waals surface area contributed by atoms with Gasteiger partial charge >= 0.3 is 0 Å². The van der Waals surface area contributed by atoms with Crippen molar-refractivity contribution in [1.29, 1.82) is 0 Å². The van der Waals surface area contributed by atoms with Crippen molar-refractivity contribution in [3.63, 3.8) is 0 Å². The van der Waals surface area contributed by atoms with Gasteiger partial charge in [0.25, 0.3) is 5.91 Å². The Labute approximate surface area is 123 Å². The van der Waals surface area contributed by atoms with E-state index in [0.29, 0.717) is 6.61 Å². The fraction of sp³-hybridized carbons (Fsp3) is 0.438. The molecule has 0 aliphatic heterocycles. The van der Waals surface area contributed by atoms with E-state index in [1.165, 1.54) is 6.07 Å². The highest BCUT2D eigenvalue weighted by molar-refractivity contribution is 5.93. The third-order valence-corrected chi connectivity index (χ3v) is 2.98. The van der Waals surface area contributed by atoms with Crippen molar-refractivity contribution >= 4 is 5.91 Å². The summed E-state index contributed by atoms with van der Waals surface area (Å²) < 4.78 is 32.3. The summed E-state index contributed by atoms with van der Waals surface area (Å²) in [5.74, 6) is -3.29. The predicted molar refractivity (Wildman–Crippen MR) is 78.3 cm³/mol. The zero-order valence-electron chi connectivity index (χ0n) is 12.2. The number of amides is 1. The van der Waals surface area contributed by atoms with Gasteiger partial charge in [0.1, 0.15) is 11.4 Å². The topological polar surface area (TPSA) is 52.3 Å². The van der Waals surface area contributed by atoms with Gasteiger partial charge < -0.3 is 10.5 Å². The first-order valence-electron chi connectivity index (χ1n) is 7.13. The number of ether oxygens (including phenoxy) is 1. The molecule has 21 heavy (non-hydrogen) atoms. The Hall–Kier alpha value is -1.91. The summed E-state index contributed by atoms with van der Waals surface area (Å²) in [6, 6.07) is 2.15. The van der Waals surface area contributed by atoms with Gasteiger partial charge in [-0.25, -0.2) is 8.78 Å².